The number of thioether (sulfide) groups is 1. The van der Waals surface area contributed by atoms with E-state index in [4.69, 9.17) is 0 Å². The van der Waals surface area contributed by atoms with Gasteiger partial charge in [0.1, 0.15) is 0 Å². The highest BCUT2D eigenvalue weighted by atomic mass is 32.2. The van der Waals surface area contributed by atoms with Crippen molar-refractivity contribution in [2.75, 3.05) is 13.1 Å². The average molecular weight is 201 g/mol. The molecule has 0 amide bonds. The van der Waals surface area contributed by atoms with E-state index in [1.165, 1.54) is 4.21 Å². The highest BCUT2D eigenvalue weighted by Gasteiger charge is 2.03. The van der Waals surface area contributed by atoms with Crippen LogP contribution in [-0.4, -0.2) is 18.3 Å². The summed E-state index contributed by atoms with van der Waals surface area (Å²) in [6.45, 7) is 6.56. The van der Waals surface area contributed by atoms with Crippen molar-refractivity contribution in [2.24, 2.45) is 0 Å². The smallest absolute Gasteiger partial charge is 0.0601 e. The molecule has 0 spiro atoms. The van der Waals surface area contributed by atoms with E-state index in [2.05, 4.69) is 36.7 Å². The lowest BCUT2D eigenvalue weighted by atomic mass is 10.5. The van der Waals surface area contributed by atoms with Crippen molar-refractivity contribution >= 4 is 23.1 Å². The van der Waals surface area contributed by atoms with Gasteiger partial charge < -0.3 is 5.32 Å². The third kappa shape index (κ3) is 3.61. The van der Waals surface area contributed by atoms with E-state index in [1.807, 2.05) is 23.1 Å². The van der Waals surface area contributed by atoms with Gasteiger partial charge in [-0.05, 0) is 18.0 Å². The second-order valence-corrected chi connectivity index (χ2v) is 5.35. The molecule has 1 atom stereocenters. The Balaban J connectivity index is 2.22. The first-order valence-electron chi connectivity index (χ1n) is 4.23. The Morgan fingerprint density at radius 1 is 1.67 bits per heavy atom. The molecule has 3 heteroatoms. The van der Waals surface area contributed by atoms with Crippen LogP contribution in [-0.2, 0) is 0 Å². The summed E-state index contributed by atoms with van der Waals surface area (Å²) in [7, 11) is 0. The number of thiophene rings is 1. The Morgan fingerprint density at radius 2 is 2.50 bits per heavy atom. The minimum absolute atomic E-state index is 0.670. The van der Waals surface area contributed by atoms with Gasteiger partial charge in [0.05, 0.1) is 4.21 Å². The summed E-state index contributed by atoms with van der Waals surface area (Å²) in [5.41, 5.74) is 0. The van der Waals surface area contributed by atoms with E-state index >= 15 is 0 Å². The van der Waals surface area contributed by atoms with Gasteiger partial charge in [0.2, 0.25) is 0 Å². The van der Waals surface area contributed by atoms with E-state index in [-0.39, 0.29) is 0 Å². The first-order valence-corrected chi connectivity index (χ1v) is 5.99. The molecule has 1 rings (SSSR count). The van der Waals surface area contributed by atoms with Crippen LogP contribution >= 0.6 is 23.1 Å². The summed E-state index contributed by atoms with van der Waals surface area (Å²) in [6.07, 6.45) is 0. The van der Waals surface area contributed by atoms with Crippen molar-refractivity contribution in [3.05, 3.63) is 17.5 Å². The third-order valence-corrected chi connectivity index (χ3v) is 3.67. The summed E-state index contributed by atoms with van der Waals surface area (Å²) in [5, 5.41) is 6.14. The fourth-order valence-electron chi connectivity index (χ4n) is 0.918. The molecule has 0 aromatic carbocycles. The van der Waals surface area contributed by atoms with E-state index < -0.39 is 0 Å². The molecule has 0 fully saturated rings. The van der Waals surface area contributed by atoms with Crippen LogP contribution in [0.4, 0.5) is 0 Å². The minimum atomic E-state index is 0.670. The quantitative estimate of drug-likeness (QED) is 0.735. The molecule has 1 nitrogen and oxygen atoms in total. The maximum atomic E-state index is 3.34. The minimum Gasteiger partial charge on any atom is -0.316 e. The second kappa shape index (κ2) is 5.62. The average Bonchev–Trinajstić information content (AvgIpc) is 2.53. The topological polar surface area (TPSA) is 12.0 Å². The highest BCUT2D eigenvalue weighted by molar-refractivity contribution is 8.01. The van der Waals surface area contributed by atoms with Gasteiger partial charge >= 0.3 is 0 Å². The normalized spacial score (nSPS) is 13.2. The van der Waals surface area contributed by atoms with Crippen LogP contribution in [0.5, 0.6) is 0 Å². The highest BCUT2D eigenvalue weighted by Crippen LogP contribution is 2.26. The van der Waals surface area contributed by atoms with Crippen LogP contribution in [0.15, 0.2) is 21.7 Å². The van der Waals surface area contributed by atoms with Gasteiger partial charge in [0.15, 0.2) is 0 Å². The van der Waals surface area contributed by atoms with Gasteiger partial charge in [0.25, 0.3) is 0 Å². The molecule has 1 N–H and O–H groups in total. The van der Waals surface area contributed by atoms with E-state index in [9.17, 15) is 0 Å². The molecule has 0 saturated carbocycles. The van der Waals surface area contributed by atoms with Crippen LogP contribution in [0, 0.1) is 0 Å². The second-order valence-electron chi connectivity index (χ2n) is 2.67. The maximum absolute atomic E-state index is 3.34. The lowest BCUT2D eigenvalue weighted by Gasteiger charge is -2.09. The standard InChI is InChI=1S/C9H15NS2/c1-3-10-7-8(2)12-9-5-4-6-11-9/h4-6,8,10H,3,7H2,1-2H3. The van der Waals surface area contributed by atoms with Gasteiger partial charge in [0, 0.05) is 11.8 Å². The molecule has 0 aliphatic rings. The van der Waals surface area contributed by atoms with Gasteiger partial charge in [-0.2, -0.15) is 0 Å². The Bertz CT molecular complexity index is 196. The summed E-state index contributed by atoms with van der Waals surface area (Å²) in [4.78, 5) is 0. The number of nitrogens with one attached hydrogen (secondary N) is 1. The van der Waals surface area contributed by atoms with E-state index in [0.29, 0.717) is 5.25 Å². The molecule has 1 heterocycles. The number of hydrogen-bond acceptors (Lipinski definition) is 3. The van der Waals surface area contributed by atoms with Crippen LogP contribution in [0.25, 0.3) is 0 Å². The van der Waals surface area contributed by atoms with Gasteiger partial charge in [-0.15, -0.1) is 23.1 Å². The lowest BCUT2D eigenvalue weighted by Crippen LogP contribution is -2.21. The molecule has 1 aromatic rings. The predicted molar refractivity (Wildman–Crippen MR) is 58.2 cm³/mol. The predicted octanol–water partition coefficient (Wildman–Crippen LogP) is 2.84. The molecule has 0 radical (unpaired) electrons. The summed E-state index contributed by atoms with van der Waals surface area (Å²) in [5.74, 6) is 0. The van der Waals surface area contributed by atoms with Crippen LogP contribution in [0.1, 0.15) is 13.8 Å². The Kier molecular flexibility index (Phi) is 4.73. The fourth-order valence-corrected chi connectivity index (χ4v) is 3.00. The van der Waals surface area contributed by atoms with Crippen molar-refractivity contribution in [1.29, 1.82) is 0 Å². The monoisotopic (exact) mass is 201 g/mol. The van der Waals surface area contributed by atoms with E-state index in [1.54, 1.807) is 0 Å². The molecular formula is C9H15NS2. The molecule has 12 heavy (non-hydrogen) atoms. The van der Waals surface area contributed by atoms with Crippen molar-refractivity contribution in [1.82, 2.24) is 5.32 Å². The zero-order valence-corrected chi connectivity index (χ0v) is 9.17. The van der Waals surface area contributed by atoms with Crippen LogP contribution in [0.2, 0.25) is 0 Å². The van der Waals surface area contributed by atoms with Gasteiger partial charge in [-0.1, -0.05) is 19.9 Å². The molecule has 0 aliphatic carbocycles. The number of rotatable bonds is 5. The van der Waals surface area contributed by atoms with Crippen LogP contribution in [0.3, 0.4) is 0 Å². The zero-order chi connectivity index (χ0) is 8.81. The summed E-state index contributed by atoms with van der Waals surface area (Å²) < 4.78 is 1.42. The Morgan fingerprint density at radius 3 is 3.08 bits per heavy atom. The first-order chi connectivity index (χ1) is 5.83. The molecule has 68 valence electrons. The van der Waals surface area contributed by atoms with Crippen molar-refractivity contribution in [2.45, 2.75) is 23.3 Å². The van der Waals surface area contributed by atoms with Gasteiger partial charge in [-0.3, -0.25) is 0 Å². The lowest BCUT2D eigenvalue weighted by molar-refractivity contribution is 0.713. The summed E-state index contributed by atoms with van der Waals surface area (Å²) in [6, 6.07) is 4.28. The van der Waals surface area contributed by atoms with E-state index in [0.717, 1.165) is 13.1 Å². The van der Waals surface area contributed by atoms with Crippen molar-refractivity contribution in [3.8, 4) is 0 Å². The third-order valence-electron chi connectivity index (χ3n) is 1.49. The van der Waals surface area contributed by atoms with Crippen molar-refractivity contribution in [3.63, 3.8) is 0 Å². The molecule has 0 saturated heterocycles. The number of hydrogen-bond donors (Lipinski definition) is 1. The largest absolute Gasteiger partial charge is 0.316 e. The molecular weight excluding hydrogens is 186 g/mol. The fraction of sp³-hybridized carbons (Fsp3) is 0.556. The van der Waals surface area contributed by atoms with Crippen molar-refractivity contribution < 1.29 is 0 Å². The Labute approximate surface area is 82.6 Å². The van der Waals surface area contributed by atoms with Gasteiger partial charge in [-0.25, -0.2) is 0 Å². The maximum Gasteiger partial charge on any atom is 0.0601 e. The molecule has 1 aromatic heterocycles. The molecule has 1 unspecified atom stereocenters. The molecule has 0 bridgehead atoms. The van der Waals surface area contributed by atoms with Crippen LogP contribution < -0.4 is 5.32 Å². The summed E-state index contributed by atoms with van der Waals surface area (Å²) >= 11 is 3.77. The zero-order valence-electron chi connectivity index (χ0n) is 7.54. The first kappa shape index (κ1) is 10.1. The molecule has 0 aliphatic heterocycles. The Hall–Kier alpha value is 0.01000. The SMILES string of the molecule is CCNCC(C)Sc1cccs1.